The van der Waals surface area contributed by atoms with Crippen molar-refractivity contribution in [1.82, 2.24) is 0 Å². The van der Waals surface area contributed by atoms with Crippen LogP contribution >= 0.6 is 0 Å². The van der Waals surface area contributed by atoms with Gasteiger partial charge in [-0.05, 0) is 26.0 Å². The van der Waals surface area contributed by atoms with Gasteiger partial charge in [0, 0.05) is 33.4 Å². The third-order valence-electron chi connectivity index (χ3n) is 3.39. The van der Waals surface area contributed by atoms with Crippen LogP contribution in [0.1, 0.15) is 44.5 Å². The molecule has 1 aliphatic rings. The van der Waals surface area contributed by atoms with Crippen molar-refractivity contribution in [2.45, 2.75) is 45.5 Å². The summed E-state index contributed by atoms with van der Waals surface area (Å²) in [4.78, 5) is 11.8. The molecule has 0 saturated heterocycles. The zero-order valence-electron chi connectivity index (χ0n) is 13.2. The van der Waals surface area contributed by atoms with Gasteiger partial charge in [0.25, 0.3) is 0 Å². The predicted octanol–water partition coefficient (Wildman–Crippen LogP) is 3.17. The number of ether oxygens (including phenoxy) is 4. The Kier molecular flexibility index (Phi) is 4.14. The topological polar surface area (TPSA) is 54.0 Å². The molecule has 5 nitrogen and oxygen atoms in total. The molecule has 0 bridgehead atoms. The van der Waals surface area contributed by atoms with E-state index in [1.807, 2.05) is 13.8 Å². The summed E-state index contributed by atoms with van der Waals surface area (Å²) in [7, 11) is 1.68. The van der Waals surface area contributed by atoms with Crippen molar-refractivity contribution < 1.29 is 23.7 Å². The number of cyclic esters (lactones) is 1. The highest BCUT2D eigenvalue weighted by Gasteiger charge is 2.34. The summed E-state index contributed by atoms with van der Waals surface area (Å²) in [6.07, 6.45) is 0.759. The lowest BCUT2D eigenvalue weighted by Crippen LogP contribution is -2.38. The molecule has 0 saturated carbocycles. The molecular formula is C16H22O5. The van der Waals surface area contributed by atoms with Gasteiger partial charge < -0.3 is 18.9 Å². The Morgan fingerprint density at radius 3 is 2.62 bits per heavy atom. The van der Waals surface area contributed by atoms with Crippen molar-refractivity contribution >= 4 is 5.97 Å². The molecule has 0 aromatic heterocycles. The molecular weight excluding hydrogens is 272 g/mol. The number of methoxy groups -OCH3 is 1. The highest BCUT2D eigenvalue weighted by Crippen LogP contribution is 2.34. The van der Waals surface area contributed by atoms with Crippen LogP contribution in [0.4, 0.5) is 0 Å². The third kappa shape index (κ3) is 3.88. The fourth-order valence-corrected chi connectivity index (χ4v) is 1.93. The Balaban J connectivity index is 2.06. The number of carbonyl (C=O) groups excluding carboxylic acids is 1. The summed E-state index contributed by atoms with van der Waals surface area (Å²) in [5, 5.41) is 0. The average Bonchev–Trinajstić information content (AvgIpc) is 2.36. The number of rotatable bonds is 5. The monoisotopic (exact) mass is 294 g/mol. The standard InChI is InChI=1S/C16H22O5/c1-15(2,18-5)8-9-19-11-6-7-12-13(10-11)20-16(3,4)21-14(12)17/h6-7,10H,8-9H2,1-5H3. The number of benzene rings is 1. The number of hydrogen-bond donors (Lipinski definition) is 0. The predicted molar refractivity (Wildman–Crippen MR) is 77.8 cm³/mol. The molecule has 0 amide bonds. The summed E-state index contributed by atoms with van der Waals surface area (Å²) in [6, 6.07) is 5.11. The minimum atomic E-state index is -0.958. The Hall–Kier alpha value is -1.75. The van der Waals surface area contributed by atoms with Crippen molar-refractivity contribution in [1.29, 1.82) is 0 Å². The van der Waals surface area contributed by atoms with E-state index in [-0.39, 0.29) is 11.6 Å². The molecule has 21 heavy (non-hydrogen) atoms. The first kappa shape index (κ1) is 15.6. The maximum atomic E-state index is 11.8. The van der Waals surface area contributed by atoms with Crippen LogP contribution in [-0.4, -0.2) is 31.1 Å². The van der Waals surface area contributed by atoms with Gasteiger partial charge in [-0.3, -0.25) is 0 Å². The largest absolute Gasteiger partial charge is 0.493 e. The zero-order valence-corrected chi connectivity index (χ0v) is 13.2. The minimum Gasteiger partial charge on any atom is -0.493 e. The molecule has 2 rings (SSSR count). The van der Waals surface area contributed by atoms with Crippen LogP contribution in [0.5, 0.6) is 11.5 Å². The van der Waals surface area contributed by atoms with Crippen molar-refractivity contribution in [3.63, 3.8) is 0 Å². The summed E-state index contributed by atoms with van der Waals surface area (Å²) >= 11 is 0. The number of fused-ring (bicyclic) bond motifs is 1. The summed E-state index contributed by atoms with van der Waals surface area (Å²) in [5.74, 6) is -0.194. The normalized spacial score (nSPS) is 16.7. The lowest BCUT2D eigenvalue weighted by molar-refractivity contribution is -0.127. The molecule has 0 atom stereocenters. The van der Waals surface area contributed by atoms with Crippen LogP contribution in [0.2, 0.25) is 0 Å². The minimum absolute atomic E-state index is 0.226. The lowest BCUT2D eigenvalue weighted by atomic mass is 10.1. The molecule has 0 spiro atoms. The van der Waals surface area contributed by atoms with Gasteiger partial charge in [0.2, 0.25) is 5.79 Å². The molecule has 5 heteroatoms. The quantitative estimate of drug-likeness (QED) is 0.781. The van der Waals surface area contributed by atoms with E-state index in [1.54, 1.807) is 39.2 Å². The molecule has 1 heterocycles. The first-order chi connectivity index (χ1) is 9.72. The Bertz CT molecular complexity index is 533. The summed E-state index contributed by atoms with van der Waals surface area (Å²) in [5.41, 5.74) is 0.190. The molecule has 1 aliphatic heterocycles. The highest BCUT2D eigenvalue weighted by molar-refractivity contribution is 5.93. The molecule has 0 aliphatic carbocycles. The van der Waals surface area contributed by atoms with Gasteiger partial charge in [-0.2, -0.15) is 0 Å². The van der Waals surface area contributed by atoms with Gasteiger partial charge in [-0.25, -0.2) is 4.79 Å². The first-order valence-electron chi connectivity index (χ1n) is 6.97. The van der Waals surface area contributed by atoms with Crippen LogP contribution in [0, 0.1) is 0 Å². The van der Waals surface area contributed by atoms with E-state index in [0.717, 1.165) is 6.42 Å². The fraction of sp³-hybridized carbons (Fsp3) is 0.562. The second kappa shape index (κ2) is 5.56. The van der Waals surface area contributed by atoms with Gasteiger partial charge in [-0.1, -0.05) is 0 Å². The molecule has 1 aromatic carbocycles. The van der Waals surface area contributed by atoms with Crippen LogP contribution in [0.15, 0.2) is 18.2 Å². The Morgan fingerprint density at radius 2 is 1.95 bits per heavy atom. The van der Waals surface area contributed by atoms with E-state index in [4.69, 9.17) is 18.9 Å². The first-order valence-corrected chi connectivity index (χ1v) is 6.97. The summed E-state index contributed by atoms with van der Waals surface area (Å²) < 4.78 is 21.9. The van der Waals surface area contributed by atoms with Gasteiger partial charge in [0.15, 0.2) is 0 Å². The zero-order chi connectivity index (χ0) is 15.7. The van der Waals surface area contributed by atoms with Gasteiger partial charge in [0.1, 0.15) is 17.1 Å². The smallest absolute Gasteiger partial charge is 0.345 e. The van der Waals surface area contributed by atoms with Gasteiger partial charge >= 0.3 is 5.97 Å². The van der Waals surface area contributed by atoms with Crippen LogP contribution in [-0.2, 0) is 9.47 Å². The Morgan fingerprint density at radius 1 is 1.24 bits per heavy atom. The lowest BCUT2D eigenvalue weighted by Gasteiger charge is -2.31. The van der Waals surface area contributed by atoms with E-state index < -0.39 is 5.79 Å². The van der Waals surface area contributed by atoms with Crippen molar-refractivity contribution in [3.8, 4) is 11.5 Å². The molecule has 0 N–H and O–H groups in total. The van der Waals surface area contributed by atoms with E-state index in [1.165, 1.54) is 0 Å². The van der Waals surface area contributed by atoms with Crippen molar-refractivity contribution in [2.75, 3.05) is 13.7 Å². The van der Waals surface area contributed by atoms with Crippen LogP contribution < -0.4 is 9.47 Å². The maximum absolute atomic E-state index is 11.8. The second-order valence-electron chi connectivity index (χ2n) is 6.11. The third-order valence-corrected chi connectivity index (χ3v) is 3.39. The SMILES string of the molecule is COC(C)(C)CCOc1ccc2c(c1)OC(C)(C)OC2=O. The van der Waals surface area contributed by atoms with E-state index in [0.29, 0.717) is 23.7 Å². The number of hydrogen-bond acceptors (Lipinski definition) is 5. The van der Waals surface area contributed by atoms with Gasteiger partial charge in [-0.15, -0.1) is 0 Å². The fourth-order valence-electron chi connectivity index (χ4n) is 1.93. The second-order valence-corrected chi connectivity index (χ2v) is 6.11. The molecule has 0 unspecified atom stereocenters. The maximum Gasteiger partial charge on any atom is 0.345 e. The molecule has 116 valence electrons. The highest BCUT2D eigenvalue weighted by atomic mass is 16.7. The van der Waals surface area contributed by atoms with E-state index in [9.17, 15) is 4.79 Å². The molecule has 0 fully saturated rings. The molecule has 0 radical (unpaired) electrons. The van der Waals surface area contributed by atoms with E-state index >= 15 is 0 Å². The average molecular weight is 294 g/mol. The number of esters is 1. The van der Waals surface area contributed by atoms with Crippen LogP contribution in [0.3, 0.4) is 0 Å². The van der Waals surface area contributed by atoms with Crippen molar-refractivity contribution in [2.24, 2.45) is 0 Å². The van der Waals surface area contributed by atoms with Gasteiger partial charge in [0.05, 0.1) is 12.2 Å². The van der Waals surface area contributed by atoms with Crippen LogP contribution in [0.25, 0.3) is 0 Å². The summed E-state index contributed by atoms with van der Waals surface area (Å²) in [6.45, 7) is 7.92. The molecule has 1 aromatic rings. The van der Waals surface area contributed by atoms with Crippen molar-refractivity contribution in [3.05, 3.63) is 23.8 Å². The number of carbonyl (C=O) groups is 1. The van der Waals surface area contributed by atoms with E-state index in [2.05, 4.69) is 0 Å². The Labute approximate surface area is 125 Å².